The molecule has 6 nitrogen and oxygen atoms in total. The van der Waals surface area contributed by atoms with Crippen LogP contribution in [0.4, 0.5) is 9.59 Å². The van der Waals surface area contributed by atoms with Crippen LogP contribution in [0.25, 0.3) is 0 Å². The van der Waals surface area contributed by atoms with Crippen molar-refractivity contribution in [2.75, 3.05) is 26.8 Å². The maximum Gasteiger partial charge on any atom is 0.409 e. The molecule has 6 heteroatoms. The zero-order valence-electron chi connectivity index (χ0n) is 8.28. The largest absolute Gasteiger partial charge is 0.448 e. The standard InChI is InChI=1S/2C4H7NO2/c1-5-2-3-7-4(5)6;1-3-2-7-4(6)5-3/h2-3H2,1H3;3H,2H2,1H3,(H,5,6). The Morgan fingerprint density at radius 1 is 1.43 bits per heavy atom. The van der Waals surface area contributed by atoms with Gasteiger partial charge >= 0.3 is 12.2 Å². The van der Waals surface area contributed by atoms with Crippen LogP contribution in [-0.2, 0) is 9.47 Å². The fourth-order valence-electron chi connectivity index (χ4n) is 0.957. The molecule has 0 saturated carbocycles. The molecule has 2 fully saturated rings. The van der Waals surface area contributed by atoms with Crippen LogP contribution in [0.15, 0.2) is 0 Å². The van der Waals surface area contributed by atoms with Crippen LogP contribution in [0.3, 0.4) is 0 Å². The molecule has 0 aliphatic carbocycles. The fourth-order valence-corrected chi connectivity index (χ4v) is 0.957. The summed E-state index contributed by atoms with van der Waals surface area (Å²) in [6.45, 7) is 3.69. The van der Waals surface area contributed by atoms with E-state index in [1.54, 1.807) is 11.9 Å². The first-order valence-electron chi connectivity index (χ1n) is 4.41. The van der Waals surface area contributed by atoms with Crippen LogP contribution >= 0.6 is 0 Å². The van der Waals surface area contributed by atoms with Crippen molar-refractivity contribution in [3.63, 3.8) is 0 Å². The van der Waals surface area contributed by atoms with E-state index in [4.69, 9.17) is 0 Å². The van der Waals surface area contributed by atoms with E-state index in [9.17, 15) is 9.59 Å². The minimum Gasteiger partial charge on any atom is -0.448 e. The van der Waals surface area contributed by atoms with Gasteiger partial charge in [-0.05, 0) is 6.92 Å². The molecule has 14 heavy (non-hydrogen) atoms. The summed E-state index contributed by atoms with van der Waals surface area (Å²) in [5.74, 6) is 0. The predicted octanol–water partition coefficient (Wildman–Crippen LogP) is 0.183. The zero-order chi connectivity index (χ0) is 10.6. The van der Waals surface area contributed by atoms with Gasteiger partial charge in [0.1, 0.15) is 13.2 Å². The third-order valence-electron chi connectivity index (χ3n) is 1.79. The van der Waals surface area contributed by atoms with Gasteiger partial charge in [-0.1, -0.05) is 0 Å². The van der Waals surface area contributed by atoms with E-state index >= 15 is 0 Å². The normalized spacial score (nSPS) is 24.7. The number of nitrogens with zero attached hydrogens (tertiary/aromatic N) is 1. The molecule has 1 N–H and O–H groups in total. The summed E-state index contributed by atoms with van der Waals surface area (Å²) in [7, 11) is 1.72. The van der Waals surface area contributed by atoms with E-state index in [1.807, 2.05) is 6.92 Å². The Bertz CT molecular complexity index is 231. The molecule has 0 aromatic heterocycles. The Morgan fingerprint density at radius 2 is 2.14 bits per heavy atom. The highest BCUT2D eigenvalue weighted by Gasteiger charge is 2.16. The molecule has 0 aromatic rings. The maximum absolute atomic E-state index is 10.3. The predicted molar refractivity (Wildman–Crippen MR) is 47.9 cm³/mol. The lowest BCUT2D eigenvalue weighted by Crippen LogP contribution is -2.21. The summed E-state index contributed by atoms with van der Waals surface area (Å²) in [4.78, 5) is 21.9. The highest BCUT2D eigenvalue weighted by Crippen LogP contribution is 1.96. The van der Waals surface area contributed by atoms with Gasteiger partial charge in [-0.25, -0.2) is 9.59 Å². The molecule has 2 rings (SSSR count). The number of cyclic esters (lactones) is 2. The van der Waals surface area contributed by atoms with Crippen LogP contribution < -0.4 is 5.32 Å². The smallest absolute Gasteiger partial charge is 0.409 e. The highest BCUT2D eigenvalue weighted by atomic mass is 16.6. The molecule has 2 aliphatic heterocycles. The number of likely N-dealkylation sites (N-methyl/N-ethyl adjacent to an activating group) is 1. The van der Waals surface area contributed by atoms with Gasteiger partial charge in [-0.2, -0.15) is 0 Å². The number of hydrogen-bond donors (Lipinski definition) is 1. The molecule has 2 aliphatic rings. The number of rotatable bonds is 0. The van der Waals surface area contributed by atoms with E-state index < -0.39 is 0 Å². The van der Waals surface area contributed by atoms with Gasteiger partial charge in [0.15, 0.2) is 0 Å². The van der Waals surface area contributed by atoms with Crippen LogP contribution in [0, 0.1) is 0 Å². The number of alkyl carbamates (subject to hydrolysis) is 1. The molecule has 0 bridgehead atoms. The van der Waals surface area contributed by atoms with Crippen molar-refractivity contribution in [1.82, 2.24) is 10.2 Å². The number of hydrogen-bond acceptors (Lipinski definition) is 4. The molecule has 0 radical (unpaired) electrons. The second-order valence-electron chi connectivity index (χ2n) is 3.18. The SMILES string of the molecule is CC1COC(=O)N1.CN1CCOC1=O. The summed E-state index contributed by atoms with van der Waals surface area (Å²) in [6.07, 6.45) is -0.507. The Labute approximate surface area is 82.1 Å². The van der Waals surface area contributed by atoms with Crippen LogP contribution in [0.5, 0.6) is 0 Å². The van der Waals surface area contributed by atoms with Gasteiger partial charge in [0.25, 0.3) is 0 Å². The molecule has 2 saturated heterocycles. The van der Waals surface area contributed by atoms with Gasteiger partial charge in [0.05, 0.1) is 12.6 Å². The Hall–Kier alpha value is -1.46. The molecule has 2 heterocycles. The lowest BCUT2D eigenvalue weighted by atomic mass is 10.4. The number of amides is 2. The van der Waals surface area contributed by atoms with Crippen molar-refractivity contribution in [1.29, 1.82) is 0 Å². The Morgan fingerprint density at radius 3 is 2.29 bits per heavy atom. The van der Waals surface area contributed by atoms with E-state index in [-0.39, 0.29) is 18.2 Å². The lowest BCUT2D eigenvalue weighted by Gasteiger charge is -1.98. The van der Waals surface area contributed by atoms with Crippen molar-refractivity contribution >= 4 is 12.2 Å². The van der Waals surface area contributed by atoms with Gasteiger partial charge in [-0.15, -0.1) is 0 Å². The minimum atomic E-state index is -0.299. The van der Waals surface area contributed by atoms with Crippen LogP contribution in [-0.4, -0.2) is 49.9 Å². The Balaban J connectivity index is 0.000000140. The molecule has 0 spiro atoms. The molecule has 0 aromatic carbocycles. The molecule has 2 amide bonds. The second kappa shape index (κ2) is 4.69. The quantitative estimate of drug-likeness (QED) is 0.608. The van der Waals surface area contributed by atoms with E-state index in [1.165, 1.54) is 0 Å². The minimum absolute atomic E-state index is 0.201. The summed E-state index contributed by atoms with van der Waals surface area (Å²) in [5, 5.41) is 2.56. The third-order valence-corrected chi connectivity index (χ3v) is 1.79. The van der Waals surface area contributed by atoms with Gasteiger partial charge in [0, 0.05) is 7.05 Å². The maximum atomic E-state index is 10.3. The van der Waals surface area contributed by atoms with Crippen molar-refractivity contribution < 1.29 is 19.1 Å². The van der Waals surface area contributed by atoms with Crippen molar-refractivity contribution in [3.05, 3.63) is 0 Å². The molecular formula is C8H14N2O4. The van der Waals surface area contributed by atoms with Crippen LogP contribution in [0.1, 0.15) is 6.92 Å². The van der Waals surface area contributed by atoms with E-state index in [0.29, 0.717) is 13.2 Å². The molecule has 80 valence electrons. The molecule has 1 atom stereocenters. The van der Waals surface area contributed by atoms with Gasteiger partial charge < -0.3 is 19.7 Å². The number of nitrogens with one attached hydrogen (secondary N) is 1. The average molecular weight is 202 g/mol. The first kappa shape index (κ1) is 10.6. The number of carbonyl (C=O) groups is 2. The molecular weight excluding hydrogens is 188 g/mol. The summed E-state index contributed by atoms with van der Waals surface area (Å²) in [5.41, 5.74) is 0. The van der Waals surface area contributed by atoms with Crippen molar-refractivity contribution in [2.24, 2.45) is 0 Å². The van der Waals surface area contributed by atoms with Crippen molar-refractivity contribution in [3.8, 4) is 0 Å². The monoisotopic (exact) mass is 202 g/mol. The average Bonchev–Trinajstić information content (AvgIpc) is 2.65. The van der Waals surface area contributed by atoms with Crippen molar-refractivity contribution in [2.45, 2.75) is 13.0 Å². The number of carbonyl (C=O) groups excluding carboxylic acids is 2. The van der Waals surface area contributed by atoms with Gasteiger partial charge in [-0.3, -0.25) is 0 Å². The number of ether oxygens (including phenoxy) is 2. The third kappa shape index (κ3) is 3.12. The first-order chi connectivity index (χ1) is 6.59. The Kier molecular flexibility index (Phi) is 3.55. The topological polar surface area (TPSA) is 67.9 Å². The fraction of sp³-hybridized carbons (Fsp3) is 0.750. The first-order valence-corrected chi connectivity index (χ1v) is 4.41. The van der Waals surface area contributed by atoms with E-state index in [0.717, 1.165) is 6.54 Å². The summed E-state index contributed by atoms with van der Waals surface area (Å²) in [6, 6.07) is 0.201. The van der Waals surface area contributed by atoms with E-state index in [2.05, 4.69) is 14.8 Å². The molecule has 1 unspecified atom stereocenters. The summed E-state index contributed by atoms with van der Waals surface area (Å²) >= 11 is 0. The highest BCUT2D eigenvalue weighted by molar-refractivity contribution is 5.69. The van der Waals surface area contributed by atoms with Crippen LogP contribution in [0.2, 0.25) is 0 Å². The summed E-state index contributed by atoms with van der Waals surface area (Å²) < 4.78 is 9.07. The lowest BCUT2D eigenvalue weighted by molar-refractivity contribution is 0.163. The zero-order valence-corrected chi connectivity index (χ0v) is 8.28. The van der Waals surface area contributed by atoms with Gasteiger partial charge in [0.2, 0.25) is 0 Å². The second-order valence-corrected chi connectivity index (χ2v) is 3.18.